The molecule has 8 aromatic rings. The number of nitriles is 1. The molecule has 0 radical (unpaired) electrons. The van der Waals surface area contributed by atoms with Crippen LogP contribution in [0.2, 0.25) is 0 Å². The lowest BCUT2D eigenvalue weighted by Crippen LogP contribution is -2.06. The highest BCUT2D eigenvalue weighted by Gasteiger charge is 2.33. The van der Waals surface area contributed by atoms with E-state index < -0.39 is 0 Å². The van der Waals surface area contributed by atoms with Gasteiger partial charge in [-0.05, 0) is 58.7 Å². The van der Waals surface area contributed by atoms with Gasteiger partial charge in [-0.15, -0.1) is 23.1 Å². The number of hydrogen-bond donors (Lipinski definition) is 0. The van der Waals surface area contributed by atoms with Gasteiger partial charge in [0.2, 0.25) is 0 Å². The Balaban J connectivity index is 1.27. The van der Waals surface area contributed by atoms with Crippen LogP contribution in [0, 0.1) is 11.3 Å². The van der Waals surface area contributed by atoms with Crippen LogP contribution in [0.3, 0.4) is 0 Å². The maximum atomic E-state index is 9.81. The molecule has 0 spiro atoms. The zero-order valence-corrected chi connectivity index (χ0v) is 26.9. The van der Waals surface area contributed by atoms with E-state index in [1.807, 2.05) is 35.2 Å². The van der Waals surface area contributed by atoms with Crippen LogP contribution in [0.5, 0.6) is 0 Å². The van der Waals surface area contributed by atoms with Crippen molar-refractivity contribution in [3.8, 4) is 34.0 Å². The second-order valence-electron chi connectivity index (χ2n) is 12.3. The van der Waals surface area contributed by atoms with Crippen molar-refractivity contribution in [2.75, 3.05) is 0 Å². The predicted octanol–water partition coefficient (Wildman–Crippen LogP) is 12.0. The summed E-state index contributed by atoms with van der Waals surface area (Å²) in [6.07, 6.45) is 9.08. The summed E-state index contributed by atoms with van der Waals surface area (Å²) in [5, 5.41) is 15.1. The van der Waals surface area contributed by atoms with E-state index in [4.69, 9.17) is 0 Å². The molecule has 10 rings (SSSR count). The van der Waals surface area contributed by atoms with Gasteiger partial charge in [-0.1, -0.05) is 109 Å². The molecule has 47 heavy (non-hydrogen) atoms. The zero-order chi connectivity index (χ0) is 31.1. The first-order valence-electron chi connectivity index (χ1n) is 15.9. The fourth-order valence-corrected chi connectivity index (χ4v) is 10.4. The van der Waals surface area contributed by atoms with Crippen molar-refractivity contribution in [2.24, 2.45) is 0 Å². The number of thiophene rings is 1. The molecule has 1 aliphatic heterocycles. The molecule has 0 saturated heterocycles. The number of allylic oxidation sites excluding steroid dienone is 3. The second-order valence-corrected chi connectivity index (χ2v) is 14.5. The fraction of sp³-hybridized carbons (Fsp3) is 0.0465. The quantitative estimate of drug-likeness (QED) is 0.193. The molecule has 2 nitrogen and oxygen atoms in total. The van der Waals surface area contributed by atoms with Gasteiger partial charge < -0.3 is 4.57 Å². The number of hydrogen-bond acceptors (Lipinski definition) is 3. The molecule has 1 aliphatic carbocycles. The summed E-state index contributed by atoms with van der Waals surface area (Å²) in [7, 11) is 0. The van der Waals surface area contributed by atoms with E-state index in [-0.39, 0.29) is 0 Å². The van der Waals surface area contributed by atoms with E-state index >= 15 is 0 Å². The molecular formula is C43H26N2S2. The largest absolute Gasteiger partial charge is 0.308 e. The normalized spacial score (nSPS) is 16.7. The summed E-state index contributed by atoms with van der Waals surface area (Å²) in [5.41, 5.74) is 10.5. The lowest BCUT2D eigenvalue weighted by molar-refractivity contribution is 0.881. The number of fused-ring (bicyclic) bond motifs is 9. The number of para-hydroxylation sites is 1. The predicted molar refractivity (Wildman–Crippen MR) is 200 cm³/mol. The second kappa shape index (κ2) is 10.3. The third-order valence-electron chi connectivity index (χ3n) is 9.76. The number of rotatable bonds is 3. The molecule has 220 valence electrons. The van der Waals surface area contributed by atoms with Gasteiger partial charge in [0.15, 0.2) is 0 Å². The standard InChI is InChI=1S/C43H26N2S2/c44-25-26-20-21-31-30-12-4-6-17-37(30)45(39(31)22-26)38-18-9-16-34-36-24-28(23-35(42(36)47-43(34)38)27-10-2-1-3-11-27)29-14-8-15-33-32-13-5-7-19-40(32)46-41(29)33/h1-24,32,40H. The first-order chi connectivity index (χ1) is 23.3. The van der Waals surface area contributed by atoms with E-state index in [1.165, 1.54) is 58.3 Å². The van der Waals surface area contributed by atoms with Crippen molar-refractivity contribution in [2.45, 2.75) is 16.1 Å². The highest BCUT2D eigenvalue weighted by Crippen LogP contribution is 2.53. The topological polar surface area (TPSA) is 28.7 Å². The van der Waals surface area contributed by atoms with Gasteiger partial charge in [-0.2, -0.15) is 5.26 Å². The van der Waals surface area contributed by atoms with Gasteiger partial charge in [0.1, 0.15) is 0 Å². The average molecular weight is 635 g/mol. The van der Waals surface area contributed by atoms with Crippen molar-refractivity contribution in [1.82, 2.24) is 4.57 Å². The van der Waals surface area contributed by atoms with E-state index in [9.17, 15) is 5.26 Å². The molecule has 0 bridgehead atoms. The van der Waals surface area contributed by atoms with Gasteiger partial charge in [-0.3, -0.25) is 0 Å². The van der Waals surface area contributed by atoms with E-state index in [0.717, 1.165) is 22.1 Å². The van der Waals surface area contributed by atoms with Gasteiger partial charge >= 0.3 is 0 Å². The third-order valence-corrected chi connectivity index (χ3v) is 12.5. The molecule has 2 unspecified atom stereocenters. The summed E-state index contributed by atoms with van der Waals surface area (Å²) < 4.78 is 4.90. The molecular weight excluding hydrogens is 609 g/mol. The maximum Gasteiger partial charge on any atom is 0.0992 e. The van der Waals surface area contributed by atoms with Gasteiger partial charge in [-0.25, -0.2) is 0 Å². The number of benzene rings is 6. The van der Waals surface area contributed by atoms with E-state index in [2.05, 4.69) is 144 Å². The van der Waals surface area contributed by atoms with Crippen molar-refractivity contribution in [3.63, 3.8) is 0 Å². The average Bonchev–Trinajstić information content (AvgIpc) is 3.81. The Morgan fingerprint density at radius 3 is 2.32 bits per heavy atom. The van der Waals surface area contributed by atoms with Crippen LogP contribution < -0.4 is 0 Å². The zero-order valence-electron chi connectivity index (χ0n) is 25.2. The van der Waals surface area contributed by atoms with E-state index in [0.29, 0.717) is 16.7 Å². The van der Waals surface area contributed by atoms with Crippen LogP contribution in [0.1, 0.15) is 17.0 Å². The Hall–Kier alpha value is -5.34. The van der Waals surface area contributed by atoms with Gasteiger partial charge in [0, 0.05) is 47.9 Å². The minimum atomic E-state index is 0.426. The Morgan fingerprint density at radius 1 is 0.596 bits per heavy atom. The first kappa shape index (κ1) is 26.8. The minimum Gasteiger partial charge on any atom is -0.308 e. The monoisotopic (exact) mass is 634 g/mol. The Kier molecular flexibility index (Phi) is 5.90. The Bertz CT molecular complexity index is 2680. The molecule has 2 atom stereocenters. The smallest absolute Gasteiger partial charge is 0.0992 e. The summed E-state index contributed by atoms with van der Waals surface area (Å²) in [4.78, 5) is 1.40. The van der Waals surface area contributed by atoms with Crippen LogP contribution in [0.15, 0.2) is 151 Å². The molecule has 3 heterocycles. The van der Waals surface area contributed by atoms with Crippen LogP contribution in [0.4, 0.5) is 0 Å². The van der Waals surface area contributed by atoms with Crippen LogP contribution >= 0.6 is 23.1 Å². The third kappa shape index (κ3) is 3.97. The van der Waals surface area contributed by atoms with Crippen molar-refractivity contribution < 1.29 is 0 Å². The SMILES string of the molecule is N#Cc1ccc2c3ccccc3n(-c3cccc4c3sc3c(-c5ccccc5)cc(-c5cccc6c5SC5C=CC=CC65)cc34)c2c1. The maximum absolute atomic E-state index is 9.81. The molecule has 0 amide bonds. The molecule has 2 aliphatic rings. The molecule has 0 saturated carbocycles. The number of thioether (sulfide) groups is 1. The minimum absolute atomic E-state index is 0.426. The van der Waals surface area contributed by atoms with Crippen LogP contribution in [-0.2, 0) is 0 Å². The van der Waals surface area contributed by atoms with Crippen LogP contribution in [0.25, 0.3) is 69.9 Å². The highest BCUT2D eigenvalue weighted by molar-refractivity contribution is 8.00. The van der Waals surface area contributed by atoms with Crippen molar-refractivity contribution >= 4 is 65.1 Å². The lowest BCUT2D eigenvalue weighted by atomic mass is 9.89. The highest BCUT2D eigenvalue weighted by atomic mass is 32.2. The molecule has 0 N–H and O–H groups in total. The van der Waals surface area contributed by atoms with Gasteiger partial charge in [0.05, 0.1) is 33.1 Å². The molecule has 6 aromatic carbocycles. The first-order valence-corrected chi connectivity index (χ1v) is 17.6. The van der Waals surface area contributed by atoms with Gasteiger partial charge in [0.25, 0.3) is 0 Å². The Labute approximate surface area is 280 Å². The summed E-state index contributed by atoms with van der Waals surface area (Å²) in [6, 6.07) is 46.2. The summed E-state index contributed by atoms with van der Waals surface area (Å²) in [5.74, 6) is 0.426. The number of nitrogens with zero attached hydrogens (tertiary/aromatic N) is 2. The lowest BCUT2D eigenvalue weighted by Gasteiger charge is -2.14. The van der Waals surface area contributed by atoms with Crippen LogP contribution in [-0.4, -0.2) is 9.82 Å². The van der Waals surface area contributed by atoms with E-state index in [1.54, 1.807) is 0 Å². The molecule has 2 aromatic heterocycles. The Morgan fingerprint density at radius 2 is 1.40 bits per heavy atom. The molecule has 4 heteroatoms. The van der Waals surface area contributed by atoms with Crippen molar-refractivity contribution in [1.29, 1.82) is 5.26 Å². The summed E-state index contributed by atoms with van der Waals surface area (Å²) in [6.45, 7) is 0. The number of aromatic nitrogens is 1. The van der Waals surface area contributed by atoms with Crippen molar-refractivity contribution in [3.05, 3.63) is 157 Å². The molecule has 0 fully saturated rings. The summed E-state index contributed by atoms with van der Waals surface area (Å²) >= 11 is 3.87. The fourth-order valence-electron chi connectivity index (χ4n) is 7.64.